The van der Waals surface area contributed by atoms with Gasteiger partial charge in [-0.25, -0.2) is 0 Å². The van der Waals surface area contributed by atoms with Gasteiger partial charge in [0.2, 0.25) is 5.91 Å². The topological polar surface area (TPSA) is 95.9 Å². The number of amides is 1. The number of rotatable bonds is 51. The zero-order valence-electron chi connectivity index (χ0n) is 44.3. The number of ether oxygens (including phenoxy) is 1. The Kier molecular flexibility index (Phi) is 52.1. The van der Waals surface area contributed by atoms with Crippen LogP contribution in [0.4, 0.5) is 0 Å². The van der Waals surface area contributed by atoms with E-state index in [1.165, 1.54) is 135 Å². The van der Waals surface area contributed by atoms with Crippen LogP contribution in [-0.2, 0) is 14.3 Å². The van der Waals surface area contributed by atoms with E-state index in [2.05, 4.69) is 99.0 Å². The van der Waals surface area contributed by atoms with Gasteiger partial charge in [0.1, 0.15) is 6.10 Å². The third kappa shape index (κ3) is 49.5. The van der Waals surface area contributed by atoms with Crippen molar-refractivity contribution in [2.75, 3.05) is 6.61 Å². The van der Waals surface area contributed by atoms with Crippen LogP contribution in [0.2, 0.25) is 0 Å². The monoisotopic (exact) mass is 936 g/mol. The Morgan fingerprint density at radius 2 is 0.821 bits per heavy atom. The molecule has 6 heteroatoms. The lowest BCUT2D eigenvalue weighted by Gasteiger charge is -2.24. The van der Waals surface area contributed by atoms with E-state index in [1.54, 1.807) is 0 Å². The van der Waals surface area contributed by atoms with Crippen molar-refractivity contribution in [1.29, 1.82) is 0 Å². The number of carbonyl (C=O) groups excluding carboxylic acids is 2. The molecule has 0 aliphatic rings. The van der Waals surface area contributed by atoms with Gasteiger partial charge in [0.15, 0.2) is 0 Å². The van der Waals surface area contributed by atoms with Crippen molar-refractivity contribution in [3.63, 3.8) is 0 Å². The molecule has 0 aromatic carbocycles. The second kappa shape index (κ2) is 54.2. The molecule has 0 aliphatic heterocycles. The van der Waals surface area contributed by atoms with Crippen LogP contribution in [0.15, 0.2) is 72.9 Å². The van der Waals surface area contributed by atoms with Gasteiger partial charge in [0.05, 0.1) is 25.2 Å². The predicted octanol–water partition coefficient (Wildman–Crippen LogP) is 17.7. The molecule has 0 aromatic heterocycles. The largest absolute Gasteiger partial charge is 0.462 e. The first kappa shape index (κ1) is 64.3. The molecule has 0 radical (unpaired) electrons. The highest BCUT2D eigenvalue weighted by Gasteiger charge is 2.24. The fraction of sp³-hybridized carbons (Fsp3) is 0.770. The maximum atomic E-state index is 13.3. The van der Waals surface area contributed by atoms with Gasteiger partial charge < -0.3 is 20.3 Å². The normalized spacial score (nSPS) is 13.7. The molecule has 3 unspecified atom stereocenters. The Morgan fingerprint density at radius 3 is 1.27 bits per heavy atom. The van der Waals surface area contributed by atoms with E-state index < -0.39 is 18.2 Å². The minimum atomic E-state index is -0.809. The number of allylic oxidation sites excluding steroid dienone is 12. The van der Waals surface area contributed by atoms with Crippen LogP contribution in [0.3, 0.4) is 0 Å². The fourth-order valence-electron chi connectivity index (χ4n) is 8.46. The third-order valence-corrected chi connectivity index (χ3v) is 12.8. The van der Waals surface area contributed by atoms with Gasteiger partial charge in [0, 0.05) is 6.42 Å². The van der Waals surface area contributed by atoms with E-state index in [0.29, 0.717) is 19.3 Å². The molecular formula is C61H109NO5. The summed E-state index contributed by atoms with van der Waals surface area (Å²) in [6, 6.07) is -0.726. The van der Waals surface area contributed by atoms with Crippen LogP contribution < -0.4 is 5.32 Å². The van der Waals surface area contributed by atoms with Gasteiger partial charge >= 0.3 is 5.97 Å². The first-order valence-electron chi connectivity index (χ1n) is 28.7. The van der Waals surface area contributed by atoms with Crippen LogP contribution in [0.5, 0.6) is 0 Å². The molecule has 388 valence electrons. The number of unbranched alkanes of at least 4 members (excludes halogenated alkanes) is 27. The molecule has 0 spiro atoms. The maximum Gasteiger partial charge on any atom is 0.306 e. The Bertz CT molecular complexity index is 1230. The molecule has 0 saturated carbocycles. The number of hydrogen-bond acceptors (Lipinski definition) is 5. The lowest BCUT2D eigenvalue weighted by Crippen LogP contribution is -2.46. The number of esters is 1. The van der Waals surface area contributed by atoms with Gasteiger partial charge in [-0.05, 0) is 89.9 Å². The van der Waals surface area contributed by atoms with Crippen LogP contribution >= 0.6 is 0 Å². The molecule has 0 aliphatic carbocycles. The summed E-state index contributed by atoms with van der Waals surface area (Å²) in [7, 11) is 0. The lowest BCUT2D eigenvalue weighted by atomic mass is 10.0. The average molecular weight is 937 g/mol. The van der Waals surface area contributed by atoms with E-state index in [0.717, 1.165) is 96.3 Å². The molecule has 67 heavy (non-hydrogen) atoms. The molecule has 1 amide bonds. The summed E-state index contributed by atoms with van der Waals surface area (Å²) in [6.07, 6.45) is 69.7. The zero-order chi connectivity index (χ0) is 48.8. The van der Waals surface area contributed by atoms with Gasteiger partial charge in [-0.3, -0.25) is 9.59 Å². The van der Waals surface area contributed by atoms with Crippen molar-refractivity contribution in [1.82, 2.24) is 5.32 Å². The molecule has 3 N–H and O–H groups in total. The summed E-state index contributed by atoms with van der Waals surface area (Å²) in [5, 5.41) is 23.9. The number of nitrogens with one attached hydrogen (secondary N) is 1. The number of aliphatic hydroxyl groups excluding tert-OH is 2. The summed E-state index contributed by atoms with van der Waals surface area (Å²) in [5.41, 5.74) is 0. The van der Waals surface area contributed by atoms with Crippen molar-refractivity contribution in [3.05, 3.63) is 72.9 Å². The van der Waals surface area contributed by atoms with Crippen molar-refractivity contribution in [2.24, 2.45) is 0 Å². The van der Waals surface area contributed by atoms with Crippen LogP contribution in [0, 0.1) is 0 Å². The van der Waals surface area contributed by atoms with E-state index in [9.17, 15) is 19.8 Å². The van der Waals surface area contributed by atoms with Crippen LogP contribution in [0.25, 0.3) is 0 Å². The van der Waals surface area contributed by atoms with E-state index in [4.69, 9.17) is 4.74 Å². The van der Waals surface area contributed by atoms with Crippen molar-refractivity contribution in [3.8, 4) is 0 Å². The maximum absolute atomic E-state index is 13.3. The van der Waals surface area contributed by atoms with Gasteiger partial charge in [-0.2, -0.15) is 0 Å². The average Bonchev–Trinajstić information content (AvgIpc) is 3.32. The highest BCUT2D eigenvalue weighted by Crippen LogP contribution is 2.17. The minimum Gasteiger partial charge on any atom is -0.462 e. The SMILES string of the molecule is CC/C=C\C/C=C\C/C=C\C/C=C\C/C=C\CCCC(CC(=O)NC(CO)C(O)CCCCCCCCCCCCCCCCCCC)OC(=O)CCCCC/C=C\CCCCCCCCC. The second-order valence-electron chi connectivity index (χ2n) is 19.3. The Balaban J connectivity index is 4.65. The van der Waals surface area contributed by atoms with Crippen LogP contribution in [0.1, 0.15) is 278 Å². The first-order chi connectivity index (χ1) is 33.0. The quantitative estimate of drug-likeness (QED) is 0.0321. The zero-order valence-corrected chi connectivity index (χ0v) is 44.3. The number of hydrogen-bond donors (Lipinski definition) is 3. The predicted molar refractivity (Wildman–Crippen MR) is 291 cm³/mol. The number of aliphatic hydroxyl groups is 2. The second-order valence-corrected chi connectivity index (χ2v) is 19.3. The molecule has 0 saturated heterocycles. The van der Waals surface area contributed by atoms with Crippen molar-refractivity contribution in [2.45, 2.75) is 296 Å². The van der Waals surface area contributed by atoms with Gasteiger partial charge in [-0.1, -0.05) is 248 Å². The Hall–Kier alpha value is -2.70. The Morgan fingerprint density at radius 1 is 0.448 bits per heavy atom. The number of carbonyl (C=O) groups is 2. The van der Waals surface area contributed by atoms with Crippen molar-refractivity contribution >= 4 is 11.9 Å². The van der Waals surface area contributed by atoms with Crippen molar-refractivity contribution < 1.29 is 24.5 Å². The molecule has 0 fully saturated rings. The summed E-state index contributed by atoms with van der Waals surface area (Å²) in [4.78, 5) is 26.2. The lowest BCUT2D eigenvalue weighted by molar-refractivity contribution is -0.151. The highest BCUT2D eigenvalue weighted by atomic mass is 16.5. The van der Waals surface area contributed by atoms with Gasteiger partial charge in [-0.15, -0.1) is 0 Å². The molecule has 6 nitrogen and oxygen atoms in total. The van der Waals surface area contributed by atoms with E-state index in [-0.39, 0.29) is 24.9 Å². The Labute approximate surface area is 415 Å². The smallest absolute Gasteiger partial charge is 0.306 e. The molecule has 0 aromatic rings. The van der Waals surface area contributed by atoms with Gasteiger partial charge in [0.25, 0.3) is 0 Å². The molecule has 3 atom stereocenters. The summed E-state index contributed by atoms with van der Waals surface area (Å²) < 4.78 is 5.92. The molecular weight excluding hydrogens is 827 g/mol. The highest BCUT2D eigenvalue weighted by molar-refractivity contribution is 5.77. The van der Waals surface area contributed by atoms with Crippen LogP contribution in [-0.4, -0.2) is 46.9 Å². The first-order valence-corrected chi connectivity index (χ1v) is 28.7. The fourth-order valence-corrected chi connectivity index (χ4v) is 8.46. The molecule has 0 rings (SSSR count). The standard InChI is InChI=1S/C61H109NO5/c1-4-7-10-13-16-19-22-25-28-30-32-34-37-40-43-46-49-52-57(67-61(66)54-51-48-45-42-39-36-27-24-21-18-15-12-9-6-3)55-60(65)62-58(56-63)59(64)53-50-47-44-41-38-35-33-31-29-26-23-20-17-14-11-8-5-2/h7,10,16,19,25,28,32,34,36,39-40,43,57-59,63-64H,4-6,8-9,11-15,17-18,20-24,26-27,29-31,33,35,37-38,41-42,44-56H2,1-3H3,(H,62,65)/b10-7-,19-16-,28-25-,34-32-,39-36-,43-40-. The molecule has 0 heterocycles. The van der Waals surface area contributed by atoms with E-state index >= 15 is 0 Å². The minimum absolute atomic E-state index is 0.0310. The molecule has 0 bridgehead atoms. The summed E-state index contributed by atoms with van der Waals surface area (Å²) in [5.74, 6) is -0.545. The summed E-state index contributed by atoms with van der Waals surface area (Å²) >= 11 is 0. The van der Waals surface area contributed by atoms with E-state index in [1.807, 2.05) is 0 Å². The third-order valence-electron chi connectivity index (χ3n) is 12.8. The summed E-state index contributed by atoms with van der Waals surface area (Å²) in [6.45, 7) is 6.37.